The zero-order chi connectivity index (χ0) is 18.9. The molecule has 5 nitrogen and oxygen atoms in total. The summed E-state index contributed by atoms with van der Waals surface area (Å²) in [4.78, 5) is 16.8. The van der Waals surface area contributed by atoms with Gasteiger partial charge in [0, 0.05) is 18.3 Å². The molecule has 1 aromatic heterocycles. The van der Waals surface area contributed by atoms with E-state index in [0.29, 0.717) is 5.89 Å². The maximum atomic E-state index is 12.5. The number of nitrogens with one attached hydrogen (secondary N) is 2. The van der Waals surface area contributed by atoms with Crippen LogP contribution < -0.4 is 10.6 Å². The Hall–Kier alpha value is -2.82. The molecule has 0 aliphatic heterocycles. The molecule has 0 fully saturated rings. The third-order valence-electron chi connectivity index (χ3n) is 4.29. The molecule has 0 radical (unpaired) electrons. The highest BCUT2D eigenvalue weighted by Gasteiger charge is 2.16. The first-order valence-electron chi connectivity index (χ1n) is 8.77. The normalized spacial score (nSPS) is 12.8. The van der Waals surface area contributed by atoms with Gasteiger partial charge in [-0.25, -0.2) is 4.98 Å². The van der Waals surface area contributed by atoms with Crippen LogP contribution in [0, 0.1) is 6.92 Å². The smallest absolute Gasteiger partial charge is 0.246 e. The van der Waals surface area contributed by atoms with Gasteiger partial charge in [0.15, 0.2) is 11.5 Å². The number of hydrogen-bond acceptors (Lipinski definition) is 4. The highest BCUT2D eigenvalue weighted by molar-refractivity contribution is 5.96. The number of anilines is 2. The summed E-state index contributed by atoms with van der Waals surface area (Å²) in [6.45, 7) is 10.1. The number of carbonyl (C=O) groups excluding carboxylic acids is 1. The number of benzene rings is 2. The summed E-state index contributed by atoms with van der Waals surface area (Å²) in [5, 5.41) is 6.15. The number of hydrogen-bond donors (Lipinski definition) is 2. The van der Waals surface area contributed by atoms with Crippen LogP contribution in [0.4, 0.5) is 11.4 Å². The highest BCUT2D eigenvalue weighted by Crippen LogP contribution is 2.24. The van der Waals surface area contributed by atoms with Gasteiger partial charge in [-0.15, -0.1) is 0 Å². The molecule has 0 aliphatic carbocycles. The molecule has 0 saturated heterocycles. The van der Waals surface area contributed by atoms with Gasteiger partial charge in [0.2, 0.25) is 5.91 Å². The van der Waals surface area contributed by atoms with Gasteiger partial charge in [0.25, 0.3) is 0 Å². The van der Waals surface area contributed by atoms with E-state index < -0.39 is 0 Å². The fraction of sp³-hybridized carbons (Fsp3) is 0.333. The average Bonchev–Trinajstić information content (AvgIpc) is 2.93. The molecule has 0 bridgehead atoms. The third-order valence-corrected chi connectivity index (χ3v) is 4.29. The maximum absolute atomic E-state index is 12.5. The number of carbonyl (C=O) groups is 1. The number of nitrogens with zero attached hydrogens (tertiary/aromatic N) is 1. The number of aromatic nitrogens is 1. The van der Waals surface area contributed by atoms with Crippen molar-refractivity contribution >= 4 is 28.4 Å². The van der Waals surface area contributed by atoms with Crippen LogP contribution in [0.5, 0.6) is 0 Å². The minimum absolute atomic E-state index is 0.0926. The fourth-order valence-electron chi connectivity index (χ4n) is 2.75. The molecule has 3 aromatic rings. The molecule has 1 atom stereocenters. The molecule has 1 amide bonds. The van der Waals surface area contributed by atoms with Gasteiger partial charge in [-0.1, -0.05) is 32.9 Å². The Morgan fingerprint density at radius 2 is 1.73 bits per heavy atom. The zero-order valence-electron chi connectivity index (χ0n) is 15.9. The van der Waals surface area contributed by atoms with Gasteiger partial charge < -0.3 is 15.1 Å². The van der Waals surface area contributed by atoms with Crippen molar-refractivity contribution in [1.82, 2.24) is 4.98 Å². The molecule has 0 unspecified atom stereocenters. The second-order valence-corrected chi connectivity index (χ2v) is 7.60. The third kappa shape index (κ3) is 4.04. The SMILES string of the molecule is Cc1nc2cc(N[C@@H](C)C(=O)Nc3ccc(C(C)(C)C)cc3)ccc2o1. The minimum Gasteiger partial charge on any atom is -0.441 e. The van der Waals surface area contributed by atoms with Crippen LogP contribution in [0.3, 0.4) is 0 Å². The van der Waals surface area contributed by atoms with E-state index in [0.717, 1.165) is 22.5 Å². The van der Waals surface area contributed by atoms with E-state index in [4.69, 9.17) is 4.42 Å². The minimum atomic E-state index is -0.386. The van der Waals surface area contributed by atoms with Gasteiger partial charge in [-0.3, -0.25) is 4.79 Å². The Morgan fingerprint density at radius 3 is 2.38 bits per heavy atom. The first-order chi connectivity index (χ1) is 12.2. The Morgan fingerprint density at radius 1 is 1.08 bits per heavy atom. The Balaban J connectivity index is 1.65. The first-order valence-corrected chi connectivity index (χ1v) is 8.77. The summed E-state index contributed by atoms with van der Waals surface area (Å²) in [5.74, 6) is 0.534. The zero-order valence-corrected chi connectivity index (χ0v) is 15.9. The van der Waals surface area contributed by atoms with Gasteiger partial charge in [-0.05, 0) is 48.2 Å². The van der Waals surface area contributed by atoms with Crippen LogP contribution in [-0.2, 0) is 10.2 Å². The Bertz CT molecular complexity index is 921. The molecule has 0 aliphatic rings. The highest BCUT2D eigenvalue weighted by atomic mass is 16.3. The van der Waals surface area contributed by atoms with Gasteiger partial charge in [-0.2, -0.15) is 0 Å². The monoisotopic (exact) mass is 351 g/mol. The molecule has 3 rings (SSSR count). The molecule has 2 N–H and O–H groups in total. The van der Waals surface area contributed by atoms with Crippen molar-refractivity contribution < 1.29 is 9.21 Å². The predicted molar refractivity (Wildman–Crippen MR) is 106 cm³/mol. The van der Waals surface area contributed by atoms with Crippen molar-refractivity contribution in [2.45, 2.75) is 46.1 Å². The lowest BCUT2D eigenvalue weighted by Crippen LogP contribution is -2.31. The Kier molecular flexibility index (Phi) is 4.72. The van der Waals surface area contributed by atoms with Gasteiger partial charge in [0.05, 0.1) is 0 Å². The number of oxazole rings is 1. The van der Waals surface area contributed by atoms with E-state index in [9.17, 15) is 4.79 Å². The van der Waals surface area contributed by atoms with Crippen molar-refractivity contribution in [2.24, 2.45) is 0 Å². The number of fused-ring (bicyclic) bond motifs is 1. The topological polar surface area (TPSA) is 67.2 Å². The summed E-state index contributed by atoms with van der Waals surface area (Å²) < 4.78 is 5.47. The van der Waals surface area contributed by atoms with Crippen molar-refractivity contribution in [1.29, 1.82) is 0 Å². The largest absolute Gasteiger partial charge is 0.441 e. The second-order valence-electron chi connectivity index (χ2n) is 7.60. The molecule has 2 aromatic carbocycles. The molecular formula is C21H25N3O2. The molecule has 136 valence electrons. The molecule has 1 heterocycles. The quantitative estimate of drug-likeness (QED) is 0.703. The van der Waals surface area contributed by atoms with E-state index in [-0.39, 0.29) is 17.4 Å². The summed E-state index contributed by atoms with van der Waals surface area (Å²) in [6, 6.07) is 13.2. The molecule has 26 heavy (non-hydrogen) atoms. The van der Waals surface area contributed by atoms with Crippen LogP contribution in [0.15, 0.2) is 46.9 Å². The molecular weight excluding hydrogens is 326 g/mol. The lowest BCUT2D eigenvalue weighted by atomic mass is 9.87. The second kappa shape index (κ2) is 6.83. The van der Waals surface area contributed by atoms with Gasteiger partial charge >= 0.3 is 0 Å². The van der Waals surface area contributed by atoms with E-state index in [1.165, 1.54) is 5.56 Å². The van der Waals surface area contributed by atoms with Crippen molar-refractivity contribution in [2.75, 3.05) is 10.6 Å². The van der Waals surface area contributed by atoms with Crippen LogP contribution >= 0.6 is 0 Å². The molecule has 5 heteroatoms. The number of rotatable bonds is 4. The maximum Gasteiger partial charge on any atom is 0.246 e. The van der Waals surface area contributed by atoms with Crippen LogP contribution in [0.1, 0.15) is 39.1 Å². The summed E-state index contributed by atoms with van der Waals surface area (Å²) >= 11 is 0. The van der Waals surface area contributed by atoms with Crippen LogP contribution in [-0.4, -0.2) is 16.9 Å². The number of amides is 1. The predicted octanol–water partition coefficient (Wildman–Crippen LogP) is 4.87. The average molecular weight is 351 g/mol. The standard InChI is InChI=1S/C21H25N3O2/c1-13(22-17-10-11-19-18(12-17)23-14(2)26-19)20(25)24-16-8-6-15(7-9-16)21(3,4)5/h6-13,22H,1-5H3,(H,24,25)/t13-/m0/s1. The lowest BCUT2D eigenvalue weighted by molar-refractivity contribution is -0.116. The number of aryl methyl sites for hydroxylation is 1. The first kappa shape index (κ1) is 18.0. The Labute approximate surface area is 153 Å². The van der Waals surface area contributed by atoms with E-state index in [1.54, 1.807) is 0 Å². The summed E-state index contributed by atoms with van der Waals surface area (Å²) in [7, 11) is 0. The molecule has 0 spiro atoms. The van der Waals surface area contributed by atoms with E-state index in [1.807, 2.05) is 44.2 Å². The summed E-state index contributed by atoms with van der Waals surface area (Å²) in [6.07, 6.45) is 0. The lowest BCUT2D eigenvalue weighted by Gasteiger charge is -2.20. The van der Waals surface area contributed by atoms with E-state index >= 15 is 0 Å². The summed E-state index contributed by atoms with van der Waals surface area (Å²) in [5.41, 5.74) is 4.46. The van der Waals surface area contributed by atoms with Crippen molar-refractivity contribution in [3.8, 4) is 0 Å². The van der Waals surface area contributed by atoms with E-state index in [2.05, 4.69) is 48.5 Å². The molecule has 0 saturated carbocycles. The van der Waals surface area contributed by atoms with Gasteiger partial charge in [0.1, 0.15) is 11.6 Å². The fourth-order valence-corrected chi connectivity index (χ4v) is 2.75. The van der Waals surface area contributed by atoms with Crippen LogP contribution in [0.2, 0.25) is 0 Å². The van der Waals surface area contributed by atoms with Crippen LogP contribution in [0.25, 0.3) is 11.1 Å². The van der Waals surface area contributed by atoms with Crippen molar-refractivity contribution in [3.63, 3.8) is 0 Å². The van der Waals surface area contributed by atoms with Crippen molar-refractivity contribution in [3.05, 3.63) is 53.9 Å².